The van der Waals surface area contributed by atoms with Gasteiger partial charge in [-0.25, -0.2) is 9.98 Å². The van der Waals surface area contributed by atoms with Gasteiger partial charge >= 0.3 is 0 Å². The Morgan fingerprint density at radius 2 is 1.16 bits per heavy atom. The Bertz CT molecular complexity index is 1270. The number of aromatic nitrogens is 1. The van der Waals surface area contributed by atoms with Crippen LogP contribution in [0.25, 0.3) is 0 Å². The van der Waals surface area contributed by atoms with Crippen molar-refractivity contribution in [3.63, 3.8) is 0 Å². The van der Waals surface area contributed by atoms with Crippen LogP contribution in [0.1, 0.15) is 0 Å². The van der Waals surface area contributed by atoms with Crippen molar-refractivity contribution >= 4 is 51.9 Å². The van der Waals surface area contributed by atoms with E-state index in [0.717, 1.165) is 17.1 Å². The van der Waals surface area contributed by atoms with Gasteiger partial charge in [0.15, 0.2) is 16.6 Å². The summed E-state index contributed by atoms with van der Waals surface area (Å²) >= 11 is 5.97. The van der Waals surface area contributed by atoms with Crippen molar-refractivity contribution in [2.75, 3.05) is 9.80 Å². The lowest BCUT2D eigenvalue weighted by Crippen LogP contribution is -2.35. The van der Waals surface area contributed by atoms with Crippen LogP contribution >= 0.6 is 12.2 Å². The van der Waals surface area contributed by atoms with E-state index in [1.165, 1.54) is 0 Å². The highest BCUT2D eigenvalue weighted by atomic mass is 32.1. The second-order valence-electron chi connectivity index (χ2n) is 7.02. The number of pyridine rings is 1. The maximum absolute atomic E-state index is 5.97. The van der Waals surface area contributed by atoms with Gasteiger partial charge in [0.2, 0.25) is 5.96 Å². The van der Waals surface area contributed by atoms with Gasteiger partial charge in [-0.1, -0.05) is 72.9 Å². The maximum atomic E-state index is 5.97. The van der Waals surface area contributed by atoms with E-state index in [0.29, 0.717) is 22.6 Å². The van der Waals surface area contributed by atoms with Gasteiger partial charge in [-0.05, 0) is 48.5 Å². The first-order valence-electron chi connectivity index (χ1n) is 10.2. The standard InChI is InChI=1S/C26H19N5S/c32-25-24(28-20-12-4-1-5-13-20)30(21-14-6-2-7-15-21)26(29-23-18-10-11-19-27-23)31(25)22-16-8-3-9-17-22/h1-19H/b28-24?,29-26-. The number of anilines is 2. The predicted molar refractivity (Wildman–Crippen MR) is 135 cm³/mol. The SMILES string of the molecule is S=C1C(=Nc2ccccc2)N(c2ccccc2)/C(=N/c2ccccn2)N1c1ccccc1. The average Bonchev–Trinajstić information content (AvgIpc) is 3.12. The fraction of sp³-hybridized carbons (Fsp3) is 0. The second-order valence-corrected chi connectivity index (χ2v) is 7.40. The summed E-state index contributed by atoms with van der Waals surface area (Å²) in [7, 11) is 0. The molecule has 0 unspecified atom stereocenters. The predicted octanol–water partition coefficient (Wildman–Crippen LogP) is 6.15. The Labute approximate surface area is 192 Å². The normalized spacial score (nSPS) is 16.2. The van der Waals surface area contributed by atoms with E-state index in [1.54, 1.807) is 6.20 Å². The third-order valence-electron chi connectivity index (χ3n) is 4.89. The van der Waals surface area contributed by atoms with E-state index in [1.807, 2.05) is 119 Å². The maximum Gasteiger partial charge on any atom is 0.223 e. The zero-order valence-electron chi connectivity index (χ0n) is 17.1. The molecule has 0 radical (unpaired) electrons. The van der Waals surface area contributed by atoms with Gasteiger partial charge in [-0.15, -0.1) is 0 Å². The second kappa shape index (κ2) is 8.91. The van der Waals surface area contributed by atoms with Gasteiger partial charge in [0.25, 0.3) is 0 Å². The van der Waals surface area contributed by atoms with Crippen LogP contribution in [0.4, 0.5) is 22.9 Å². The van der Waals surface area contributed by atoms with Gasteiger partial charge in [-0.3, -0.25) is 9.80 Å². The molecule has 0 aliphatic carbocycles. The number of thiocarbonyl (C=S) groups is 1. The Morgan fingerprint density at radius 1 is 0.594 bits per heavy atom. The van der Waals surface area contributed by atoms with Crippen molar-refractivity contribution in [1.82, 2.24) is 4.98 Å². The van der Waals surface area contributed by atoms with Crippen molar-refractivity contribution in [1.29, 1.82) is 0 Å². The Kier molecular flexibility index (Phi) is 5.51. The van der Waals surface area contributed by atoms with Crippen LogP contribution in [0.5, 0.6) is 0 Å². The van der Waals surface area contributed by atoms with Crippen molar-refractivity contribution in [2.24, 2.45) is 9.98 Å². The molecule has 0 N–H and O–H groups in total. The smallest absolute Gasteiger partial charge is 0.223 e. The molecule has 0 amide bonds. The third-order valence-corrected chi connectivity index (χ3v) is 5.26. The monoisotopic (exact) mass is 433 g/mol. The molecule has 0 spiro atoms. The topological polar surface area (TPSA) is 44.1 Å². The first-order chi connectivity index (χ1) is 15.8. The first-order valence-corrected chi connectivity index (χ1v) is 10.6. The average molecular weight is 434 g/mol. The number of benzene rings is 3. The highest BCUT2D eigenvalue weighted by Gasteiger charge is 2.40. The lowest BCUT2D eigenvalue weighted by molar-refractivity contribution is 1.24. The van der Waals surface area contributed by atoms with Crippen LogP contribution in [0.15, 0.2) is 125 Å². The van der Waals surface area contributed by atoms with Crippen LogP contribution < -0.4 is 9.80 Å². The quantitative estimate of drug-likeness (QED) is 0.362. The highest BCUT2D eigenvalue weighted by molar-refractivity contribution is 7.82. The number of amidine groups is 1. The summed E-state index contributed by atoms with van der Waals surface area (Å²) in [5, 5.41) is 0. The summed E-state index contributed by atoms with van der Waals surface area (Å²) in [6.45, 7) is 0. The molecule has 5 rings (SSSR count). The van der Waals surface area contributed by atoms with E-state index in [-0.39, 0.29) is 0 Å². The summed E-state index contributed by atoms with van der Waals surface area (Å²) < 4.78 is 0. The minimum absolute atomic E-state index is 0.568. The summed E-state index contributed by atoms with van der Waals surface area (Å²) in [6.07, 6.45) is 1.73. The number of rotatable bonds is 4. The molecule has 4 aromatic rings. The van der Waals surface area contributed by atoms with Crippen molar-refractivity contribution < 1.29 is 0 Å². The summed E-state index contributed by atoms with van der Waals surface area (Å²) in [4.78, 5) is 18.7. The molecule has 32 heavy (non-hydrogen) atoms. The number of guanidine groups is 1. The Balaban J connectivity index is 1.75. The minimum Gasteiger partial charge on any atom is -0.267 e. The molecule has 1 aliphatic rings. The first kappa shape index (κ1) is 19.8. The highest BCUT2D eigenvalue weighted by Crippen LogP contribution is 2.31. The van der Waals surface area contributed by atoms with Gasteiger partial charge < -0.3 is 0 Å². The van der Waals surface area contributed by atoms with Crippen molar-refractivity contribution in [2.45, 2.75) is 0 Å². The Hall–Kier alpha value is -4.16. The van der Waals surface area contributed by atoms with E-state index in [9.17, 15) is 0 Å². The number of para-hydroxylation sites is 3. The van der Waals surface area contributed by atoms with Gasteiger partial charge in [0.1, 0.15) is 0 Å². The van der Waals surface area contributed by atoms with E-state index in [4.69, 9.17) is 22.2 Å². The van der Waals surface area contributed by atoms with E-state index >= 15 is 0 Å². The van der Waals surface area contributed by atoms with Gasteiger partial charge in [-0.2, -0.15) is 4.99 Å². The molecule has 1 aromatic heterocycles. The number of aliphatic imine (C=N–C) groups is 2. The van der Waals surface area contributed by atoms with Crippen LogP contribution in [0.3, 0.4) is 0 Å². The fourth-order valence-corrected chi connectivity index (χ4v) is 3.77. The number of hydrogen-bond acceptors (Lipinski definition) is 4. The molecular weight excluding hydrogens is 414 g/mol. The molecule has 1 fully saturated rings. The molecule has 6 heteroatoms. The lowest BCUT2D eigenvalue weighted by atomic mass is 10.3. The summed E-state index contributed by atoms with van der Waals surface area (Å²) in [6, 6.07) is 35.4. The fourth-order valence-electron chi connectivity index (χ4n) is 3.45. The number of hydrogen-bond donors (Lipinski definition) is 0. The third kappa shape index (κ3) is 3.91. The zero-order chi connectivity index (χ0) is 21.8. The molecule has 1 aliphatic heterocycles. The molecule has 0 saturated carbocycles. The number of nitrogens with zero attached hydrogens (tertiary/aromatic N) is 5. The van der Waals surface area contributed by atoms with E-state index < -0.39 is 0 Å². The van der Waals surface area contributed by atoms with Crippen LogP contribution in [-0.4, -0.2) is 21.8 Å². The largest absolute Gasteiger partial charge is 0.267 e. The van der Waals surface area contributed by atoms with Crippen LogP contribution in [-0.2, 0) is 0 Å². The molecule has 2 heterocycles. The van der Waals surface area contributed by atoms with E-state index in [2.05, 4.69) is 4.98 Å². The molecule has 0 atom stereocenters. The van der Waals surface area contributed by atoms with Crippen LogP contribution in [0.2, 0.25) is 0 Å². The molecule has 0 bridgehead atoms. The molecule has 1 saturated heterocycles. The summed E-state index contributed by atoms with van der Waals surface area (Å²) in [5.74, 6) is 1.85. The molecule has 3 aromatic carbocycles. The lowest BCUT2D eigenvalue weighted by Gasteiger charge is -2.22. The van der Waals surface area contributed by atoms with Gasteiger partial charge in [0.05, 0.1) is 17.1 Å². The van der Waals surface area contributed by atoms with Crippen LogP contribution in [0, 0.1) is 0 Å². The summed E-state index contributed by atoms with van der Waals surface area (Å²) in [5.41, 5.74) is 2.64. The van der Waals surface area contributed by atoms with Gasteiger partial charge in [0, 0.05) is 6.20 Å². The Morgan fingerprint density at radius 3 is 1.75 bits per heavy atom. The molecule has 154 valence electrons. The molecule has 5 nitrogen and oxygen atoms in total. The van der Waals surface area contributed by atoms with Crippen molar-refractivity contribution in [3.8, 4) is 0 Å². The minimum atomic E-state index is 0.568. The molecular formula is C26H19N5S. The zero-order valence-corrected chi connectivity index (χ0v) is 17.9. The van der Waals surface area contributed by atoms with Crippen molar-refractivity contribution in [3.05, 3.63) is 115 Å².